The number of rotatable bonds is 5. The van der Waals surface area contributed by atoms with Crippen molar-refractivity contribution < 1.29 is 9.66 Å². The van der Waals surface area contributed by atoms with E-state index in [0.29, 0.717) is 11.2 Å². The molecule has 0 fully saturated rings. The molecule has 0 amide bonds. The van der Waals surface area contributed by atoms with Gasteiger partial charge in [-0.05, 0) is 30.3 Å². The van der Waals surface area contributed by atoms with E-state index in [4.69, 9.17) is 4.74 Å². The first-order chi connectivity index (χ1) is 13.5. The van der Waals surface area contributed by atoms with Gasteiger partial charge in [0, 0.05) is 23.1 Å². The minimum Gasteiger partial charge on any atom is -0.497 e. The average Bonchev–Trinajstić information content (AvgIpc) is 3.18. The average molecular weight is 394 g/mol. The summed E-state index contributed by atoms with van der Waals surface area (Å²) >= 11 is 1.47. The Morgan fingerprint density at radius 3 is 2.71 bits per heavy atom. The number of thiazole rings is 1. The van der Waals surface area contributed by atoms with Gasteiger partial charge in [0.1, 0.15) is 10.8 Å². The Bertz CT molecular complexity index is 1230. The third kappa shape index (κ3) is 3.35. The van der Waals surface area contributed by atoms with Gasteiger partial charge in [-0.15, -0.1) is 11.3 Å². The van der Waals surface area contributed by atoms with Crippen LogP contribution in [0.5, 0.6) is 5.75 Å². The van der Waals surface area contributed by atoms with E-state index >= 15 is 0 Å². The van der Waals surface area contributed by atoms with Crippen molar-refractivity contribution in [1.29, 1.82) is 0 Å². The van der Waals surface area contributed by atoms with E-state index in [9.17, 15) is 14.9 Å². The SMILES string of the molecule is COc1ccc(-c2nc(Cn3cnc4ccc([N+](=O)[O-])cc4c3=O)cs2)cc1. The molecule has 0 N–H and O–H groups in total. The van der Waals surface area contributed by atoms with Crippen molar-refractivity contribution in [3.05, 3.63) is 80.3 Å². The first kappa shape index (κ1) is 17.8. The maximum atomic E-state index is 12.7. The fourth-order valence-corrected chi connectivity index (χ4v) is 3.61. The van der Waals surface area contributed by atoms with E-state index in [-0.39, 0.29) is 23.2 Å². The Balaban J connectivity index is 1.64. The number of hydrogen-bond donors (Lipinski definition) is 0. The Morgan fingerprint density at radius 2 is 2.00 bits per heavy atom. The second-order valence-corrected chi connectivity index (χ2v) is 6.87. The number of nitrogens with zero attached hydrogens (tertiary/aromatic N) is 4. The Kier molecular flexibility index (Phi) is 4.58. The third-order valence-corrected chi connectivity index (χ3v) is 5.18. The molecule has 0 aliphatic carbocycles. The molecule has 8 nitrogen and oxygen atoms in total. The second kappa shape index (κ2) is 7.20. The molecule has 2 heterocycles. The van der Waals surface area contributed by atoms with Crippen LogP contribution in [0.3, 0.4) is 0 Å². The van der Waals surface area contributed by atoms with Crippen LogP contribution in [-0.4, -0.2) is 26.6 Å². The minimum absolute atomic E-state index is 0.139. The van der Waals surface area contributed by atoms with E-state index in [0.717, 1.165) is 16.3 Å². The van der Waals surface area contributed by atoms with Crippen LogP contribution in [-0.2, 0) is 6.54 Å². The molecule has 0 atom stereocenters. The van der Waals surface area contributed by atoms with Crippen molar-refractivity contribution in [3.8, 4) is 16.3 Å². The predicted molar refractivity (Wildman–Crippen MR) is 106 cm³/mol. The molecule has 140 valence electrons. The van der Waals surface area contributed by atoms with Gasteiger partial charge in [0.25, 0.3) is 11.2 Å². The summed E-state index contributed by atoms with van der Waals surface area (Å²) < 4.78 is 6.56. The number of ether oxygens (including phenoxy) is 1. The Hall–Kier alpha value is -3.59. The van der Waals surface area contributed by atoms with Crippen LogP contribution in [0.25, 0.3) is 21.5 Å². The number of methoxy groups -OCH3 is 1. The largest absolute Gasteiger partial charge is 0.497 e. The highest BCUT2D eigenvalue weighted by Crippen LogP contribution is 2.26. The van der Waals surface area contributed by atoms with Crippen molar-refractivity contribution in [2.75, 3.05) is 7.11 Å². The number of non-ortho nitro benzene ring substituents is 1. The quantitative estimate of drug-likeness (QED) is 0.379. The lowest BCUT2D eigenvalue weighted by molar-refractivity contribution is -0.384. The molecule has 0 aliphatic heterocycles. The van der Waals surface area contributed by atoms with Gasteiger partial charge in [0.05, 0.1) is 41.5 Å². The van der Waals surface area contributed by atoms with Crippen LogP contribution in [0.4, 0.5) is 5.69 Å². The summed E-state index contributed by atoms with van der Waals surface area (Å²) in [7, 11) is 1.61. The summed E-state index contributed by atoms with van der Waals surface area (Å²) in [5.41, 5.74) is 1.61. The fourth-order valence-electron chi connectivity index (χ4n) is 2.79. The lowest BCUT2D eigenvalue weighted by Gasteiger charge is -2.05. The van der Waals surface area contributed by atoms with Gasteiger partial charge in [-0.1, -0.05) is 0 Å². The van der Waals surface area contributed by atoms with Crippen LogP contribution in [0.15, 0.2) is 59.0 Å². The zero-order valence-corrected chi connectivity index (χ0v) is 15.5. The van der Waals surface area contributed by atoms with E-state index in [1.165, 1.54) is 40.4 Å². The molecule has 0 spiro atoms. The van der Waals surface area contributed by atoms with Gasteiger partial charge in [0.15, 0.2) is 0 Å². The summed E-state index contributed by atoms with van der Waals surface area (Å²) in [5, 5.41) is 13.9. The monoisotopic (exact) mass is 394 g/mol. The molecule has 2 aromatic carbocycles. The van der Waals surface area contributed by atoms with Crippen LogP contribution < -0.4 is 10.3 Å². The summed E-state index contributed by atoms with van der Waals surface area (Å²) in [6.45, 7) is 0.233. The Morgan fingerprint density at radius 1 is 1.21 bits per heavy atom. The van der Waals surface area contributed by atoms with Crippen LogP contribution in [0.1, 0.15) is 5.69 Å². The van der Waals surface area contributed by atoms with E-state index < -0.39 is 4.92 Å². The molecule has 4 rings (SSSR count). The standard InChI is InChI=1S/C19H14N4O4S/c1-27-15-5-2-12(3-6-15)18-21-13(10-28-18)9-22-11-20-17-7-4-14(23(25)26)8-16(17)19(22)24/h2-8,10-11H,9H2,1H3. The van der Waals surface area contributed by atoms with Crippen molar-refractivity contribution in [1.82, 2.24) is 14.5 Å². The topological polar surface area (TPSA) is 100 Å². The second-order valence-electron chi connectivity index (χ2n) is 6.01. The lowest BCUT2D eigenvalue weighted by atomic mass is 10.2. The first-order valence-corrected chi connectivity index (χ1v) is 9.15. The lowest BCUT2D eigenvalue weighted by Crippen LogP contribution is -2.21. The van der Waals surface area contributed by atoms with Gasteiger partial charge in [-0.25, -0.2) is 9.97 Å². The van der Waals surface area contributed by atoms with Gasteiger partial charge in [0.2, 0.25) is 0 Å². The minimum atomic E-state index is -0.530. The molecule has 9 heteroatoms. The van der Waals surface area contributed by atoms with E-state index in [2.05, 4.69) is 9.97 Å². The summed E-state index contributed by atoms with van der Waals surface area (Å²) in [6.07, 6.45) is 1.43. The zero-order chi connectivity index (χ0) is 19.7. The molecule has 4 aromatic rings. The highest BCUT2D eigenvalue weighted by Gasteiger charge is 2.12. The number of aromatic nitrogens is 3. The fraction of sp³-hybridized carbons (Fsp3) is 0.105. The van der Waals surface area contributed by atoms with Gasteiger partial charge in [-0.3, -0.25) is 19.5 Å². The van der Waals surface area contributed by atoms with Crippen molar-refractivity contribution >= 4 is 27.9 Å². The number of nitro groups is 1. The maximum absolute atomic E-state index is 12.7. The summed E-state index contributed by atoms with van der Waals surface area (Å²) in [6, 6.07) is 11.6. The van der Waals surface area contributed by atoms with Gasteiger partial charge in [-0.2, -0.15) is 0 Å². The Labute approximate surface area is 162 Å². The number of nitro benzene ring substituents is 1. The van der Waals surface area contributed by atoms with Crippen LogP contribution >= 0.6 is 11.3 Å². The van der Waals surface area contributed by atoms with Crippen molar-refractivity contribution in [2.45, 2.75) is 6.54 Å². The number of hydrogen-bond acceptors (Lipinski definition) is 7. The normalized spacial score (nSPS) is 10.9. The summed E-state index contributed by atoms with van der Waals surface area (Å²) in [5.74, 6) is 0.767. The third-order valence-electron chi connectivity index (χ3n) is 4.24. The number of benzene rings is 2. The molecule has 0 radical (unpaired) electrons. The highest BCUT2D eigenvalue weighted by atomic mass is 32.1. The molecule has 0 aliphatic rings. The maximum Gasteiger partial charge on any atom is 0.270 e. The van der Waals surface area contributed by atoms with E-state index in [1.54, 1.807) is 7.11 Å². The molecular weight excluding hydrogens is 380 g/mol. The first-order valence-electron chi connectivity index (χ1n) is 8.27. The smallest absolute Gasteiger partial charge is 0.270 e. The molecule has 0 saturated carbocycles. The predicted octanol–water partition coefficient (Wildman–Crippen LogP) is 3.49. The number of fused-ring (bicyclic) bond motifs is 1. The van der Waals surface area contributed by atoms with Crippen LogP contribution in [0, 0.1) is 10.1 Å². The molecule has 0 saturated heterocycles. The summed E-state index contributed by atoms with van der Waals surface area (Å²) in [4.78, 5) is 32.0. The molecule has 2 aromatic heterocycles. The zero-order valence-electron chi connectivity index (χ0n) is 14.7. The molecule has 28 heavy (non-hydrogen) atoms. The van der Waals surface area contributed by atoms with Gasteiger partial charge >= 0.3 is 0 Å². The van der Waals surface area contributed by atoms with Crippen molar-refractivity contribution in [2.24, 2.45) is 0 Å². The highest BCUT2D eigenvalue weighted by molar-refractivity contribution is 7.13. The van der Waals surface area contributed by atoms with Crippen LogP contribution in [0.2, 0.25) is 0 Å². The van der Waals surface area contributed by atoms with E-state index in [1.807, 2.05) is 29.6 Å². The molecular formula is C19H14N4O4S. The molecule has 0 bridgehead atoms. The van der Waals surface area contributed by atoms with Crippen molar-refractivity contribution in [3.63, 3.8) is 0 Å². The molecule has 0 unspecified atom stereocenters. The van der Waals surface area contributed by atoms with Gasteiger partial charge < -0.3 is 4.74 Å².